The van der Waals surface area contributed by atoms with E-state index in [4.69, 9.17) is 0 Å². The lowest BCUT2D eigenvalue weighted by Crippen LogP contribution is -2.36. The van der Waals surface area contributed by atoms with Crippen LogP contribution >= 0.6 is 11.8 Å². The third-order valence-electron chi connectivity index (χ3n) is 3.45. The van der Waals surface area contributed by atoms with E-state index in [0.29, 0.717) is 5.75 Å². The minimum Gasteiger partial charge on any atom is -0.345 e. The Labute approximate surface area is 135 Å². The summed E-state index contributed by atoms with van der Waals surface area (Å²) >= 11 is 1.73. The molecule has 0 aliphatic heterocycles. The molecule has 0 rings (SSSR count). The molecular weight excluding hydrogens is 282 g/mol. The summed E-state index contributed by atoms with van der Waals surface area (Å²) in [4.78, 5) is 21.5. The molecule has 1 N–H and O–H groups in total. The average Bonchev–Trinajstić information content (AvgIpc) is 2.46. The number of carbonyl (C=O) groups is 1. The molecule has 0 aromatic rings. The molecule has 0 spiro atoms. The van der Waals surface area contributed by atoms with Crippen LogP contribution in [-0.2, 0) is 9.59 Å². The Morgan fingerprint density at radius 3 is 2.00 bits per heavy atom. The number of amides is 1. The van der Waals surface area contributed by atoms with Crippen LogP contribution in [0.3, 0.4) is 0 Å². The van der Waals surface area contributed by atoms with Crippen molar-refractivity contribution in [2.24, 2.45) is 0 Å². The van der Waals surface area contributed by atoms with Crippen LogP contribution in [-0.4, -0.2) is 29.7 Å². The van der Waals surface area contributed by atoms with Gasteiger partial charge in [-0.1, -0.05) is 64.7 Å². The zero-order valence-corrected chi connectivity index (χ0v) is 14.6. The number of rotatable bonds is 15. The zero-order valence-electron chi connectivity index (χ0n) is 13.8. The molecule has 4 heteroatoms. The predicted octanol–water partition coefficient (Wildman–Crippen LogP) is 4.25. The van der Waals surface area contributed by atoms with E-state index in [1.807, 2.05) is 6.29 Å². The third-order valence-corrected chi connectivity index (χ3v) is 4.59. The van der Waals surface area contributed by atoms with Crippen molar-refractivity contribution in [2.45, 2.75) is 84.1 Å². The Balaban J connectivity index is 3.21. The maximum Gasteiger partial charge on any atom is 0.223 e. The Morgan fingerprint density at radius 1 is 1.00 bits per heavy atom. The van der Waals surface area contributed by atoms with Gasteiger partial charge < -0.3 is 5.32 Å². The molecule has 0 saturated carbocycles. The molecule has 0 aliphatic rings. The van der Waals surface area contributed by atoms with Crippen molar-refractivity contribution in [1.82, 2.24) is 5.32 Å². The summed E-state index contributed by atoms with van der Waals surface area (Å²) in [6.07, 6.45) is 15.3. The van der Waals surface area contributed by atoms with Crippen molar-refractivity contribution in [3.05, 3.63) is 0 Å². The lowest BCUT2D eigenvalue weighted by Gasteiger charge is -2.09. The molecule has 3 nitrogen and oxygen atoms in total. The normalized spacial score (nSPS) is 12.1. The molecular formula is C17H32NO2S. The van der Waals surface area contributed by atoms with Crippen LogP contribution in [0, 0.1) is 0 Å². The number of hydrogen-bond acceptors (Lipinski definition) is 3. The van der Waals surface area contributed by atoms with Crippen molar-refractivity contribution in [3.63, 3.8) is 0 Å². The summed E-state index contributed by atoms with van der Waals surface area (Å²) in [6.45, 7) is 3.68. The monoisotopic (exact) mass is 314 g/mol. The first-order valence-electron chi connectivity index (χ1n) is 8.43. The Bertz CT molecular complexity index is 259. The Hall–Kier alpha value is -0.510. The smallest absolute Gasteiger partial charge is 0.223 e. The first-order chi connectivity index (χ1) is 10.2. The SMILES string of the molecule is CCCCCCCCCCCCSCC([C]=O)NC(C)=O. The van der Waals surface area contributed by atoms with Gasteiger partial charge in [0.2, 0.25) is 12.2 Å². The van der Waals surface area contributed by atoms with E-state index >= 15 is 0 Å². The van der Waals surface area contributed by atoms with Crippen molar-refractivity contribution in [2.75, 3.05) is 11.5 Å². The molecule has 1 radical (unpaired) electrons. The fourth-order valence-corrected chi connectivity index (χ4v) is 3.21. The van der Waals surface area contributed by atoms with E-state index in [0.717, 1.165) is 5.75 Å². The van der Waals surface area contributed by atoms with Gasteiger partial charge in [-0.2, -0.15) is 11.8 Å². The summed E-state index contributed by atoms with van der Waals surface area (Å²) in [6, 6.07) is -0.448. The minimum atomic E-state index is -0.448. The second-order valence-corrected chi connectivity index (χ2v) is 6.78. The largest absolute Gasteiger partial charge is 0.345 e. The van der Waals surface area contributed by atoms with Crippen LogP contribution in [0.2, 0.25) is 0 Å². The van der Waals surface area contributed by atoms with Gasteiger partial charge >= 0.3 is 0 Å². The van der Waals surface area contributed by atoms with E-state index in [1.165, 1.54) is 71.1 Å². The van der Waals surface area contributed by atoms with Crippen molar-refractivity contribution in [1.29, 1.82) is 0 Å². The molecule has 0 aromatic carbocycles. The second kappa shape index (κ2) is 15.9. The zero-order chi connectivity index (χ0) is 15.8. The summed E-state index contributed by atoms with van der Waals surface area (Å²) < 4.78 is 0. The van der Waals surface area contributed by atoms with Gasteiger partial charge in [-0.15, -0.1) is 0 Å². The van der Waals surface area contributed by atoms with E-state index in [9.17, 15) is 9.59 Å². The second-order valence-electron chi connectivity index (χ2n) is 5.63. The molecule has 123 valence electrons. The van der Waals surface area contributed by atoms with Crippen LogP contribution < -0.4 is 5.32 Å². The summed E-state index contributed by atoms with van der Waals surface area (Å²) in [5.41, 5.74) is 0. The highest BCUT2D eigenvalue weighted by Gasteiger charge is 2.08. The standard InChI is InChI=1S/C17H32NO2S/c1-3-4-5-6-7-8-9-10-11-12-13-21-15-17(14-19)18-16(2)20/h17H,3-13,15H2,1-2H3,(H,18,20). The summed E-state index contributed by atoms with van der Waals surface area (Å²) in [5.74, 6) is 1.54. The number of unbranched alkanes of at least 4 members (excludes halogenated alkanes) is 9. The average molecular weight is 315 g/mol. The Kier molecular flexibility index (Phi) is 15.5. The topological polar surface area (TPSA) is 46.2 Å². The van der Waals surface area contributed by atoms with Gasteiger partial charge in [0.05, 0.1) is 0 Å². The van der Waals surface area contributed by atoms with Gasteiger partial charge in [-0.25, -0.2) is 0 Å². The molecule has 21 heavy (non-hydrogen) atoms. The van der Waals surface area contributed by atoms with E-state index in [1.54, 1.807) is 11.8 Å². The van der Waals surface area contributed by atoms with Crippen LogP contribution in [0.1, 0.15) is 78.1 Å². The highest BCUT2D eigenvalue weighted by atomic mass is 32.2. The first kappa shape index (κ1) is 20.5. The molecule has 1 amide bonds. The van der Waals surface area contributed by atoms with Gasteiger partial charge in [-0.3, -0.25) is 9.59 Å². The van der Waals surface area contributed by atoms with E-state index in [-0.39, 0.29) is 5.91 Å². The van der Waals surface area contributed by atoms with Crippen molar-refractivity contribution >= 4 is 24.0 Å². The van der Waals surface area contributed by atoms with Crippen molar-refractivity contribution < 1.29 is 9.59 Å². The highest BCUT2D eigenvalue weighted by Crippen LogP contribution is 2.12. The van der Waals surface area contributed by atoms with E-state index < -0.39 is 6.04 Å². The quantitative estimate of drug-likeness (QED) is 0.460. The molecule has 1 atom stereocenters. The number of thioether (sulfide) groups is 1. The van der Waals surface area contributed by atoms with Crippen LogP contribution in [0.5, 0.6) is 0 Å². The highest BCUT2D eigenvalue weighted by molar-refractivity contribution is 7.99. The molecule has 0 saturated heterocycles. The summed E-state index contributed by atoms with van der Waals surface area (Å²) in [5, 5.41) is 2.59. The first-order valence-corrected chi connectivity index (χ1v) is 9.58. The van der Waals surface area contributed by atoms with Gasteiger partial charge in [0.25, 0.3) is 0 Å². The fraction of sp³-hybridized carbons (Fsp3) is 0.882. The maximum absolute atomic E-state index is 10.8. The van der Waals surface area contributed by atoms with Gasteiger partial charge in [0.15, 0.2) is 0 Å². The minimum absolute atomic E-state index is 0.164. The van der Waals surface area contributed by atoms with Crippen LogP contribution in [0.25, 0.3) is 0 Å². The molecule has 0 bridgehead atoms. The molecule has 0 aromatic heterocycles. The predicted molar refractivity (Wildman–Crippen MR) is 92.5 cm³/mol. The third kappa shape index (κ3) is 15.7. The van der Waals surface area contributed by atoms with Crippen molar-refractivity contribution in [3.8, 4) is 0 Å². The van der Waals surface area contributed by atoms with Gasteiger partial charge in [0.1, 0.15) is 6.04 Å². The summed E-state index contributed by atoms with van der Waals surface area (Å²) in [7, 11) is 0. The maximum atomic E-state index is 10.8. The Morgan fingerprint density at radius 2 is 1.52 bits per heavy atom. The van der Waals surface area contributed by atoms with Gasteiger partial charge in [-0.05, 0) is 12.2 Å². The van der Waals surface area contributed by atoms with Crippen LogP contribution in [0.15, 0.2) is 0 Å². The number of carbonyl (C=O) groups excluding carboxylic acids is 2. The number of hydrogen-bond donors (Lipinski definition) is 1. The lowest BCUT2D eigenvalue weighted by molar-refractivity contribution is -0.119. The van der Waals surface area contributed by atoms with E-state index in [2.05, 4.69) is 12.2 Å². The van der Waals surface area contributed by atoms with Gasteiger partial charge in [0, 0.05) is 12.7 Å². The van der Waals surface area contributed by atoms with Crippen LogP contribution in [0.4, 0.5) is 0 Å². The molecule has 0 aliphatic carbocycles. The molecule has 1 unspecified atom stereocenters. The lowest BCUT2D eigenvalue weighted by atomic mass is 10.1. The molecule has 0 fully saturated rings. The number of nitrogens with one attached hydrogen (secondary N) is 1. The fourth-order valence-electron chi connectivity index (χ4n) is 2.24. The molecule has 0 heterocycles.